The molecule has 112 valence electrons. The first-order chi connectivity index (χ1) is 9.39. The molecule has 0 saturated heterocycles. The Morgan fingerprint density at radius 1 is 1.50 bits per heavy atom. The smallest absolute Gasteiger partial charge is 0.315 e. The predicted molar refractivity (Wildman–Crippen MR) is 79.5 cm³/mol. The summed E-state index contributed by atoms with van der Waals surface area (Å²) < 4.78 is 1.78. The zero-order valence-electron chi connectivity index (χ0n) is 13.0. The van der Waals surface area contributed by atoms with Gasteiger partial charge < -0.3 is 10.6 Å². The number of nitrogens with one attached hydrogen (secondary N) is 2. The SMILES string of the molecule is Cc1nn(C)cc1[C@@H](C)NC(=O)NCC1(C)CCCC1. The molecule has 1 heterocycles. The van der Waals surface area contributed by atoms with Gasteiger partial charge in [0.25, 0.3) is 0 Å². The zero-order chi connectivity index (χ0) is 14.8. The van der Waals surface area contributed by atoms with Gasteiger partial charge >= 0.3 is 6.03 Å². The van der Waals surface area contributed by atoms with E-state index in [9.17, 15) is 4.79 Å². The van der Waals surface area contributed by atoms with Gasteiger partial charge in [0.15, 0.2) is 0 Å². The average molecular weight is 278 g/mol. The summed E-state index contributed by atoms with van der Waals surface area (Å²) in [6.07, 6.45) is 6.95. The van der Waals surface area contributed by atoms with Crippen LogP contribution in [0.4, 0.5) is 4.79 Å². The molecule has 1 atom stereocenters. The summed E-state index contributed by atoms with van der Waals surface area (Å²) in [4.78, 5) is 12.0. The normalized spacial score (nSPS) is 18.8. The number of aryl methyl sites for hydroxylation is 2. The Bertz CT molecular complexity index is 474. The Kier molecular flexibility index (Phi) is 4.35. The van der Waals surface area contributed by atoms with Gasteiger partial charge in [-0.1, -0.05) is 19.8 Å². The van der Waals surface area contributed by atoms with E-state index in [-0.39, 0.29) is 17.5 Å². The van der Waals surface area contributed by atoms with E-state index in [1.165, 1.54) is 25.7 Å². The molecule has 1 aliphatic carbocycles. The van der Waals surface area contributed by atoms with Crippen LogP contribution in [0.2, 0.25) is 0 Å². The highest BCUT2D eigenvalue weighted by Crippen LogP contribution is 2.36. The van der Waals surface area contributed by atoms with Gasteiger partial charge in [-0.25, -0.2) is 4.79 Å². The molecule has 20 heavy (non-hydrogen) atoms. The fraction of sp³-hybridized carbons (Fsp3) is 0.733. The van der Waals surface area contributed by atoms with Crippen LogP contribution in [0.25, 0.3) is 0 Å². The van der Waals surface area contributed by atoms with E-state index in [2.05, 4.69) is 22.7 Å². The van der Waals surface area contributed by atoms with Gasteiger partial charge in [0.1, 0.15) is 0 Å². The van der Waals surface area contributed by atoms with Crippen molar-refractivity contribution in [2.24, 2.45) is 12.5 Å². The Balaban J connectivity index is 1.83. The summed E-state index contributed by atoms with van der Waals surface area (Å²) in [7, 11) is 1.89. The first kappa shape index (κ1) is 14.9. The summed E-state index contributed by atoms with van der Waals surface area (Å²) in [6.45, 7) is 6.97. The van der Waals surface area contributed by atoms with Crippen molar-refractivity contribution in [3.63, 3.8) is 0 Å². The summed E-state index contributed by atoms with van der Waals surface area (Å²) in [5.74, 6) is 0. The molecule has 2 rings (SSSR count). The maximum Gasteiger partial charge on any atom is 0.315 e. The van der Waals surface area contributed by atoms with Gasteiger partial charge in [0, 0.05) is 25.4 Å². The molecule has 1 aromatic heterocycles. The van der Waals surface area contributed by atoms with E-state index >= 15 is 0 Å². The molecule has 0 spiro atoms. The lowest BCUT2D eigenvalue weighted by atomic mass is 9.89. The molecule has 5 heteroatoms. The molecule has 0 radical (unpaired) electrons. The van der Waals surface area contributed by atoms with Crippen LogP contribution in [0.5, 0.6) is 0 Å². The van der Waals surface area contributed by atoms with Crippen molar-refractivity contribution in [1.82, 2.24) is 20.4 Å². The first-order valence-electron chi connectivity index (χ1n) is 7.44. The van der Waals surface area contributed by atoms with Crippen LogP contribution in [0.15, 0.2) is 6.20 Å². The van der Waals surface area contributed by atoms with E-state index in [0.29, 0.717) is 0 Å². The minimum Gasteiger partial charge on any atom is -0.338 e. The molecule has 0 unspecified atom stereocenters. The number of hydrogen-bond donors (Lipinski definition) is 2. The van der Waals surface area contributed by atoms with Crippen LogP contribution in [0, 0.1) is 12.3 Å². The van der Waals surface area contributed by atoms with Crippen molar-refractivity contribution in [3.05, 3.63) is 17.5 Å². The topological polar surface area (TPSA) is 59.0 Å². The molecule has 0 bridgehead atoms. The van der Waals surface area contributed by atoms with Gasteiger partial charge in [-0.2, -0.15) is 5.10 Å². The maximum atomic E-state index is 12.0. The van der Waals surface area contributed by atoms with Gasteiger partial charge in [-0.3, -0.25) is 4.68 Å². The number of carbonyl (C=O) groups is 1. The molecule has 2 amide bonds. The van der Waals surface area contributed by atoms with Gasteiger partial charge in [-0.15, -0.1) is 0 Å². The fourth-order valence-corrected chi connectivity index (χ4v) is 3.07. The molecular formula is C15H26N4O. The molecule has 1 fully saturated rings. The molecule has 1 saturated carbocycles. The van der Waals surface area contributed by atoms with Crippen molar-refractivity contribution in [2.75, 3.05) is 6.54 Å². The second-order valence-electron chi connectivity index (χ2n) is 6.41. The second-order valence-corrected chi connectivity index (χ2v) is 6.41. The van der Waals surface area contributed by atoms with Crippen molar-refractivity contribution in [2.45, 2.75) is 52.5 Å². The van der Waals surface area contributed by atoms with Crippen LogP contribution < -0.4 is 10.6 Å². The highest BCUT2D eigenvalue weighted by atomic mass is 16.2. The Morgan fingerprint density at radius 3 is 2.70 bits per heavy atom. The molecule has 1 aliphatic rings. The predicted octanol–water partition coefficient (Wildman–Crippen LogP) is 2.67. The minimum absolute atomic E-state index is 0.0277. The van der Waals surface area contributed by atoms with E-state index in [4.69, 9.17) is 0 Å². The maximum absolute atomic E-state index is 12.0. The lowest BCUT2D eigenvalue weighted by molar-refractivity contribution is 0.229. The van der Waals surface area contributed by atoms with Gasteiger partial charge in [0.2, 0.25) is 0 Å². The van der Waals surface area contributed by atoms with E-state index in [0.717, 1.165) is 17.8 Å². The third-order valence-corrected chi connectivity index (χ3v) is 4.35. The van der Waals surface area contributed by atoms with E-state index < -0.39 is 0 Å². The molecule has 0 aliphatic heterocycles. The number of amides is 2. The number of hydrogen-bond acceptors (Lipinski definition) is 2. The van der Waals surface area contributed by atoms with Crippen molar-refractivity contribution in [1.29, 1.82) is 0 Å². The Morgan fingerprint density at radius 2 is 2.15 bits per heavy atom. The number of urea groups is 1. The minimum atomic E-state index is -0.0890. The largest absolute Gasteiger partial charge is 0.338 e. The van der Waals surface area contributed by atoms with E-state index in [1.54, 1.807) is 4.68 Å². The second kappa shape index (κ2) is 5.85. The Hall–Kier alpha value is -1.52. The Labute approximate surface area is 121 Å². The monoisotopic (exact) mass is 278 g/mol. The van der Waals surface area contributed by atoms with Crippen molar-refractivity contribution in [3.8, 4) is 0 Å². The molecule has 5 nitrogen and oxygen atoms in total. The third kappa shape index (κ3) is 3.52. The standard InChI is InChI=1S/C15H26N4O/c1-11(13-9-19(4)18-12(13)2)17-14(20)16-10-15(3)7-5-6-8-15/h9,11H,5-8,10H2,1-4H3,(H2,16,17,20)/t11-/m1/s1. The molecule has 2 N–H and O–H groups in total. The average Bonchev–Trinajstić information content (AvgIpc) is 2.94. The number of carbonyl (C=O) groups excluding carboxylic acids is 1. The van der Waals surface area contributed by atoms with Crippen LogP contribution in [-0.2, 0) is 7.05 Å². The quantitative estimate of drug-likeness (QED) is 0.889. The van der Waals surface area contributed by atoms with Gasteiger partial charge in [-0.05, 0) is 32.1 Å². The van der Waals surface area contributed by atoms with Crippen LogP contribution in [-0.4, -0.2) is 22.4 Å². The third-order valence-electron chi connectivity index (χ3n) is 4.35. The molecular weight excluding hydrogens is 252 g/mol. The summed E-state index contributed by atoms with van der Waals surface area (Å²) in [5.41, 5.74) is 2.31. The highest BCUT2D eigenvalue weighted by Gasteiger charge is 2.29. The van der Waals surface area contributed by atoms with E-state index in [1.807, 2.05) is 27.1 Å². The lowest BCUT2D eigenvalue weighted by Gasteiger charge is -2.24. The van der Waals surface area contributed by atoms with Crippen LogP contribution in [0.1, 0.15) is 56.8 Å². The highest BCUT2D eigenvalue weighted by molar-refractivity contribution is 5.74. The molecule has 1 aromatic rings. The first-order valence-corrected chi connectivity index (χ1v) is 7.44. The van der Waals surface area contributed by atoms with Crippen LogP contribution >= 0.6 is 0 Å². The summed E-state index contributed by atoms with van der Waals surface area (Å²) >= 11 is 0. The number of nitrogens with zero attached hydrogens (tertiary/aromatic N) is 2. The van der Waals surface area contributed by atoms with Crippen LogP contribution in [0.3, 0.4) is 0 Å². The van der Waals surface area contributed by atoms with Crippen molar-refractivity contribution < 1.29 is 4.79 Å². The molecule has 0 aromatic carbocycles. The summed E-state index contributed by atoms with van der Waals surface area (Å²) in [6, 6.07) is -0.117. The number of rotatable bonds is 4. The lowest BCUT2D eigenvalue weighted by Crippen LogP contribution is -2.41. The summed E-state index contributed by atoms with van der Waals surface area (Å²) in [5, 5.41) is 10.3. The number of aromatic nitrogens is 2. The van der Waals surface area contributed by atoms with Gasteiger partial charge in [0.05, 0.1) is 11.7 Å². The fourth-order valence-electron chi connectivity index (χ4n) is 3.07. The zero-order valence-corrected chi connectivity index (χ0v) is 13.0. The van der Waals surface area contributed by atoms with Crippen molar-refractivity contribution >= 4 is 6.03 Å².